The van der Waals surface area contributed by atoms with Crippen LogP contribution in [-0.4, -0.2) is 30.1 Å². The molecule has 0 rings (SSSR count). The standard InChI is InChI=1S/C14H28N2O3/c1-6-7-11(15)13(17)16-12(8-9(2)3)14(18)19-10(4)5/h9-12H,6-8,15H2,1-5H3,(H,16,17)/t11?,12-/m0/s1. The summed E-state index contributed by atoms with van der Waals surface area (Å²) in [5, 5.41) is 2.70. The Morgan fingerprint density at radius 1 is 1.21 bits per heavy atom. The number of amides is 1. The van der Waals surface area contributed by atoms with Gasteiger partial charge in [-0.2, -0.15) is 0 Å². The summed E-state index contributed by atoms with van der Waals surface area (Å²) < 4.78 is 5.16. The molecule has 112 valence electrons. The molecule has 0 bridgehead atoms. The molecule has 0 saturated heterocycles. The third-order valence-electron chi connectivity index (χ3n) is 2.60. The maximum atomic E-state index is 11.9. The monoisotopic (exact) mass is 272 g/mol. The van der Waals surface area contributed by atoms with Crippen LogP contribution in [0.25, 0.3) is 0 Å². The Kier molecular flexibility index (Phi) is 8.39. The number of hydrogen-bond donors (Lipinski definition) is 2. The Hall–Kier alpha value is -1.10. The zero-order valence-corrected chi connectivity index (χ0v) is 12.7. The lowest BCUT2D eigenvalue weighted by Crippen LogP contribution is -2.49. The molecular weight excluding hydrogens is 244 g/mol. The van der Waals surface area contributed by atoms with Crippen LogP contribution in [-0.2, 0) is 14.3 Å². The fraction of sp³-hybridized carbons (Fsp3) is 0.857. The first-order chi connectivity index (χ1) is 8.77. The van der Waals surface area contributed by atoms with E-state index < -0.39 is 12.1 Å². The molecular formula is C14H28N2O3. The van der Waals surface area contributed by atoms with E-state index in [2.05, 4.69) is 5.32 Å². The second kappa shape index (κ2) is 8.91. The molecule has 0 aromatic carbocycles. The molecule has 0 fully saturated rings. The fourth-order valence-electron chi connectivity index (χ4n) is 1.72. The predicted octanol–water partition coefficient (Wildman–Crippen LogP) is 1.60. The Morgan fingerprint density at radius 3 is 2.21 bits per heavy atom. The summed E-state index contributed by atoms with van der Waals surface area (Å²) in [6.45, 7) is 9.53. The summed E-state index contributed by atoms with van der Waals surface area (Å²) in [7, 11) is 0. The lowest BCUT2D eigenvalue weighted by atomic mass is 10.0. The lowest BCUT2D eigenvalue weighted by Gasteiger charge is -2.22. The molecule has 19 heavy (non-hydrogen) atoms. The van der Waals surface area contributed by atoms with E-state index in [0.717, 1.165) is 6.42 Å². The van der Waals surface area contributed by atoms with E-state index >= 15 is 0 Å². The number of nitrogens with two attached hydrogens (primary N) is 1. The molecule has 1 amide bonds. The molecule has 0 aromatic heterocycles. The number of esters is 1. The van der Waals surface area contributed by atoms with Crippen LogP contribution in [0.5, 0.6) is 0 Å². The predicted molar refractivity (Wildman–Crippen MR) is 75.5 cm³/mol. The summed E-state index contributed by atoms with van der Waals surface area (Å²) in [5.41, 5.74) is 5.74. The molecule has 0 heterocycles. The van der Waals surface area contributed by atoms with Gasteiger partial charge in [0.2, 0.25) is 5.91 Å². The van der Waals surface area contributed by atoms with Crippen LogP contribution < -0.4 is 11.1 Å². The quantitative estimate of drug-likeness (QED) is 0.658. The van der Waals surface area contributed by atoms with Crippen LogP contribution >= 0.6 is 0 Å². The van der Waals surface area contributed by atoms with Crippen molar-refractivity contribution in [1.82, 2.24) is 5.32 Å². The number of rotatable bonds is 8. The SMILES string of the molecule is CCCC(N)C(=O)N[C@@H](CC(C)C)C(=O)OC(C)C. The highest BCUT2D eigenvalue weighted by molar-refractivity contribution is 5.87. The Labute approximate surface area is 116 Å². The van der Waals surface area contributed by atoms with Crippen molar-refractivity contribution in [3.63, 3.8) is 0 Å². The average molecular weight is 272 g/mol. The van der Waals surface area contributed by atoms with Crippen LogP contribution in [0.2, 0.25) is 0 Å². The van der Waals surface area contributed by atoms with Gasteiger partial charge in [0.05, 0.1) is 12.1 Å². The van der Waals surface area contributed by atoms with Gasteiger partial charge in [-0.25, -0.2) is 4.79 Å². The zero-order valence-electron chi connectivity index (χ0n) is 12.7. The smallest absolute Gasteiger partial charge is 0.328 e. The molecule has 2 atom stereocenters. The Bertz CT molecular complexity index is 290. The van der Waals surface area contributed by atoms with Gasteiger partial charge in [-0.3, -0.25) is 4.79 Å². The van der Waals surface area contributed by atoms with Crippen molar-refractivity contribution in [2.75, 3.05) is 0 Å². The zero-order chi connectivity index (χ0) is 15.0. The second-order valence-corrected chi connectivity index (χ2v) is 5.57. The normalized spacial score (nSPS) is 14.3. The molecule has 0 aliphatic rings. The minimum atomic E-state index is -0.613. The van der Waals surface area contributed by atoms with Gasteiger partial charge in [-0.05, 0) is 32.6 Å². The minimum absolute atomic E-state index is 0.191. The second-order valence-electron chi connectivity index (χ2n) is 5.57. The third-order valence-corrected chi connectivity index (χ3v) is 2.60. The first-order valence-electron chi connectivity index (χ1n) is 7.04. The van der Waals surface area contributed by atoms with E-state index in [-0.39, 0.29) is 23.9 Å². The maximum absolute atomic E-state index is 11.9. The molecule has 1 unspecified atom stereocenters. The van der Waals surface area contributed by atoms with Gasteiger partial charge in [-0.15, -0.1) is 0 Å². The molecule has 5 nitrogen and oxygen atoms in total. The maximum Gasteiger partial charge on any atom is 0.328 e. The number of carbonyl (C=O) groups is 2. The molecule has 0 aliphatic heterocycles. The summed E-state index contributed by atoms with van der Waals surface area (Å²) >= 11 is 0. The Morgan fingerprint density at radius 2 is 1.79 bits per heavy atom. The van der Waals surface area contributed by atoms with Crippen molar-refractivity contribution >= 4 is 11.9 Å². The van der Waals surface area contributed by atoms with E-state index in [4.69, 9.17) is 10.5 Å². The minimum Gasteiger partial charge on any atom is -0.461 e. The molecule has 0 aromatic rings. The third kappa shape index (κ3) is 7.82. The van der Waals surface area contributed by atoms with Crippen molar-refractivity contribution in [3.8, 4) is 0 Å². The van der Waals surface area contributed by atoms with Gasteiger partial charge in [0.25, 0.3) is 0 Å². The van der Waals surface area contributed by atoms with E-state index in [1.807, 2.05) is 20.8 Å². The van der Waals surface area contributed by atoms with Gasteiger partial charge in [0, 0.05) is 0 Å². The average Bonchev–Trinajstić information content (AvgIpc) is 2.26. The molecule has 0 aliphatic carbocycles. The molecule has 0 spiro atoms. The highest BCUT2D eigenvalue weighted by atomic mass is 16.5. The highest BCUT2D eigenvalue weighted by Gasteiger charge is 2.26. The van der Waals surface area contributed by atoms with Crippen molar-refractivity contribution in [2.24, 2.45) is 11.7 Å². The first-order valence-corrected chi connectivity index (χ1v) is 7.04. The van der Waals surface area contributed by atoms with Gasteiger partial charge in [0.1, 0.15) is 6.04 Å². The molecule has 0 radical (unpaired) electrons. The summed E-state index contributed by atoms with van der Waals surface area (Å²) in [4.78, 5) is 23.8. The summed E-state index contributed by atoms with van der Waals surface area (Å²) in [5.74, 6) is -0.388. The van der Waals surface area contributed by atoms with Crippen molar-refractivity contribution in [3.05, 3.63) is 0 Å². The summed E-state index contributed by atoms with van der Waals surface area (Å²) in [6, 6.07) is -1.18. The van der Waals surface area contributed by atoms with Crippen molar-refractivity contribution in [1.29, 1.82) is 0 Å². The number of nitrogens with one attached hydrogen (secondary N) is 1. The largest absolute Gasteiger partial charge is 0.461 e. The fourth-order valence-corrected chi connectivity index (χ4v) is 1.72. The number of hydrogen-bond acceptors (Lipinski definition) is 4. The van der Waals surface area contributed by atoms with E-state index in [9.17, 15) is 9.59 Å². The number of ether oxygens (including phenoxy) is 1. The van der Waals surface area contributed by atoms with Gasteiger partial charge in [-0.1, -0.05) is 27.2 Å². The van der Waals surface area contributed by atoms with E-state index in [0.29, 0.717) is 12.8 Å². The number of carbonyl (C=O) groups excluding carboxylic acids is 2. The molecule has 5 heteroatoms. The van der Waals surface area contributed by atoms with E-state index in [1.54, 1.807) is 13.8 Å². The van der Waals surface area contributed by atoms with E-state index in [1.165, 1.54) is 0 Å². The van der Waals surface area contributed by atoms with Crippen LogP contribution in [0.1, 0.15) is 53.9 Å². The molecule has 3 N–H and O–H groups in total. The Balaban J connectivity index is 4.58. The highest BCUT2D eigenvalue weighted by Crippen LogP contribution is 2.08. The van der Waals surface area contributed by atoms with Crippen molar-refractivity contribution in [2.45, 2.75) is 72.1 Å². The van der Waals surface area contributed by atoms with Gasteiger partial charge < -0.3 is 15.8 Å². The van der Waals surface area contributed by atoms with Crippen LogP contribution in [0, 0.1) is 5.92 Å². The van der Waals surface area contributed by atoms with Gasteiger partial charge >= 0.3 is 5.97 Å². The lowest BCUT2D eigenvalue weighted by molar-refractivity contribution is -0.152. The van der Waals surface area contributed by atoms with Crippen LogP contribution in [0.4, 0.5) is 0 Å². The summed E-state index contributed by atoms with van der Waals surface area (Å²) in [6.07, 6.45) is 1.80. The topological polar surface area (TPSA) is 81.4 Å². The molecule has 0 saturated carbocycles. The van der Waals surface area contributed by atoms with Crippen LogP contribution in [0.15, 0.2) is 0 Å². The van der Waals surface area contributed by atoms with Crippen LogP contribution in [0.3, 0.4) is 0 Å². The van der Waals surface area contributed by atoms with Crippen molar-refractivity contribution < 1.29 is 14.3 Å². The first kappa shape index (κ1) is 17.9. The van der Waals surface area contributed by atoms with Gasteiger partial charge in [0.15, 0.2) is 0 Å².